The van der Waals surface area contributed by atoms with Crippen molar-refractivity contribution in [2.45, 2.75) is 12.8 Å². The van der Waals surface area contributed by atoms with Gasteiger partial charge in [0, 0.05) is 0 Å². The summed E-state index contributed by atoms with van der Waals surface area (Å²) in [5, 5.41) is 0. The molecule has 1 amide bonds. The Morgan fingerprint density at radius 3 is 2.50 bits per heavy atom. The van der Waals surface area contributed by atoms with Crippen LogP contribution in [0.3, 0.4) is 0 Å². The zero-order valence-corrected chi connectivity index (χ0v) is 5.22. The Kier molecular flexibility index (Phi) is 3.12. The molecule has 0 saturated carbocycles. The van der Waals surface area contributed by atoms with Gasteiger partial charge >= 0.3 is 6.09 Å². The molecule has 0 radical (unpaired) electrons. The van der Waals surface area contributed by atoms with Gasteiger partial charge < -0.3 is 10.5 Å². The van der Waals surface area contributed by atoms with Gasteiger partial charge in [-0.2, -0.15) is 0 Å². The van der Waals surface area contributed by atoms with Gasteiger partial charge in [0.15, 0.2) is 5.85 Å². The lowest BCUT2D eigenvalue weighted by Crippen LogP contribution is -2.16. The zero-order valence-electron chi connectivity index (χ0n) is 4.33. The van der Waals surface area contributed by atoms with Crippen molar-refractivity contribution in [1.82, 2.24) is 0 Å². The minimum absolute atomic E-state index is 0.234. The van der Waals surface area contributed by atoms with E-state index in [9.17, 15) is 9.36 Å². The van der Waals surface area contributed by atoms with E-state index in [-0.39, 0.29) is 8.46 Å². The molecule has 5 heteroatoms. The van der Waals surface area contributed by atoms with Crippen molar-refractivity contribution >= 4 is 14.6 Å². The second-order valence-electron chi connectivity index (χ2n) is 1.14. The molecule has 0 fully saturated rings. The monoisotopic (exact) mass is 135 g/mol. The Balaban J connectivity index is 3.38. The average Bonchev–Trinajstić information content (AvgIpc) is 1.65. The Hall–Kier alpha value is -0.630. The van der Waals surface area contributed by atoms with E-state index in [0.717, 1.165) is 0 Å². The molecule has 1 unspecified atom stereocenters. The van der Waals surface area contributed by atoms with E-state index in [2.05, 4.69) is 10.5 Å². The second-order valence-corrected chi connectivity index (χ2v) is 2.08. The maximum absolute atomic E-state index is 9.83. The van der Waals surface area contributed by atoms with Gasteiger partial charge in [-0.3, -0.25) is 4.57 Å². The molecule has 0 aliphatic rings. The van der Waals surface area contributed by atoms with Crippen LogP contribution in [-0.2, 0) is 9.30 Å². The van der Waals surface area contributed by atoms with Gasteiger partial charge in [0.25, 0.3) is 0 Å². The number of rotatable bonds is 2. The Labute approximate surface area is 48.2 Å². The zero-order chi connectivity index (χ0) is 6.57. The molecule has 4 nitrogen and oxygen atoms in total. The third-order valence-electron chi connectivity index (χ3n) is 0.435. The van der Waals surface area contributed by atoms with Crippen molar-refractivity contribution in [3.63, 3.8) is 0 Å². The molecule has 0 aromatic carbocycles. The fourth-order valence-corrected chi connectivity index (χ4v) is 0.337. The van der Waals surface area contributed by atoms with Gasteiger partial charge in [-0.1, -0.05) is 0 Å². The molecule has 0 bridgehead atoms. The topological polar surface area (TPSA) is 69.4 Å². The Morgan fingerprint density at radius 2 is 2.38 bits per heavy atom. The molecule has 0 spiro atoms. The average molecular weight is 135 g/mol. The third kappa shape index (κ3) is 3.56. The first-order valence-corrected chi connectivity index (χ1v) is 2.83. The molecular formula is C3H6NO3P. The summed E-state index contributed by atoms with van der Waals surface area (Å²) in [6.07, 6.45) is -0.902. The quantitative estimate of drug-likeness (QED) is 0.567. The highest BCUT2D eigenvalue weighted by Crippen LogP contribution is 2.04. The lowest BCUT2D eigenvalue weighted by atomic mass is 10.8. The standard InChI is InChI=1S/C3H6NO3P/c1-2(8-6)7-3(4)5/h2H,1H3,(H2,4,5). The summed E-state index contributed by atoms with van der Waals surface area (Å²) < 4.78 is 14.0. The predicted octanol–water partition coefficient (Wildman–Crippen LogP) is 0.719. The third-order valence-corrected chi connectivity index (χ3v) is 0.837. The van der Waals surface area contributed by atoms with Gasteiger partial charge in [0.05, 0.1) is 0 Å². The normalized spacial score (nSPS) is 13.1. The molecule has 0 aliphatic heterocycles. The molecule has 46 valence electrons. The first kappa shape index (κ1) is 7.37. The Bertz CT molecular complexity index is 105. The van der Waals surface area contributed by atoms with Gasteiger partial charge in [0.1, 0.15) is 0 Å². The van der Waals surface area contributed by atoms with Crippen LogP contribution in [-0.4, -0.2) is 11.9 Å². The number of carbonyl (C=O) groups excluding carboxylic acids is 1. The molecule has 0 heterocycles. The highest BCUT2D eigenvalue weighted by atomic mass is 31.1. The van der Waals surface area contributed by atoms with Crippen LogP contribution in [0.15, 0.2) is 0 Å². The summed E-state index contributed by atoms with van der Waals surface area (Å²) in [5.41, 5.74) is 4.56. The van der Waals surface area contributed by atoms with Crippen molar-refractivity contribution in [1.29, 1.82) is 0 Å². The summed E-state index contributed by atoms with van der Waals surface area (Å²) in [6, 6.07) is 0. The van der Waals surface area contributed by atoms with Crippen LogP contribution in [0.1, 0.15) is 6.92 Å². The number of amides is 1. The molecule has 0 aromatic heterocycles. The van der Waals surface area contributed by atoms with E-state index in [1.165, 1.54) is 6.92 Å². The number of carbonyl (C=O) groups is 1. The summed E-state index contributed by atoms with van der Waals surface area (Å²) in [4.78, 5) is 9.83. The van der Waals surface area contributed by atoms with E-state index in [4.69, 9.17) is 0 Å². The van der Waals surface area contributed by atoms with Crippen molar-refractivity contribution in [3.8, 4) is 0 Å². The summed E-state index contributed by atoms with van der Waals surface area (Å²) in [7, 11) is -0.234. The minimum Gasteiger partial charge on any atom is -0.434 e. The van der Waals surface area contributed by atoms with E-state index < -0.39 is 11.9 Å². The van der Waals surface area contributed by atoms with Gasteiger partial charge in [0.2, 0.25) is 8.46 Å². The van der Waals surface area contributed by atoms with Crippen molar-refractivity contribution in [2.75, 3.05) is 0 Å². The Morgan fingerprint density at radius 1 is 1.88 bits per heavy atom. The van der Waals surface area contributed by atoms with Crippen molar-refractivity contribution < 1.29 is 14.1 Å². The van der Waals surface area contributed by atoms with Crippen molar-refractivity contribution in [3.05, 3.63) is 0 Å². The molecule has 2 N–H and O–H groups in total. The van der Waals surface area contributed by atoms with E-state index in [0.29, 0.717) is 0 Å². The second kappa shape index (κ2) is 3.38. The van der Waals surface area contributed by atoms with Crippen LogP contribution in [0, 0.1) is 0 Å². The molecule has 8 heavy (non-hydrogen) atoms. The van der Waals surface area contributed by atoms with Crippen LogP contribution < -0.4 is 5.73 Å². The van der Waals surface area contributed by atoms with Gasteiger partial charge in [-0.05, 0) is 6.92 Å². The van der Waals surface area contributed by atoms with E-state index in [1.54, 1.807) is 0 Å². The predicted molar refractivity (Wildman–Crippen MR) is 27.7 cm³/mol. The number of primary amides is 1. The van der Waals surface area contributed by atoms with E-state index >= 15 is 0 Å². The highest BCUT2D eigenvalue weighted by Gasteiger charge is 2.02. The number of nitrogens with two attached hydrogens (primary N) is 1. The maximum atomic E-state index is 9.83. The fourth-order valence-electron chi connectivity index (χ4n) is 0.190. The van der Waals surface area contributed by atoms with Gasteiger partial charge in [-0.25, -0.2) is 4.79 Å². The summed E-state index contributed by atoms with van der Waals surface area (Å²) >= 11 is 0. The smallest absolute Gasteiger partial charge is 0.405 e. The first-order valence-electron chi connectivity index (χ1n) is 1.95. The number of hydrogen-bond acceptors (Lipinski definition) is 3. The number of hydrogen-bond donors (Lipinski definition) is 1. The number of ether oxygens (including phenoxy) is 1. The molecule has 0 aliphatic carbocycles. The summed E-state index contributed by atoms with van der Waals surface area (Å²) in [6.45, 7) is 1.47. The molecule has 0 aromatic rings. The fraction of sp³-hybridized carbons (Fsp3) is 0.667. The van der Waals surface area contributed by atoms with Gasteiger partial charge in [-0.15, -0.1) is 0 Å². The first-order chi connectivity index (χ1) is 3.66. The highest BCUT2D eigenvalue weighted by molar-refractivity contribution is 7.24. The lowest BCUT2D eigenvalue weighted by molar-refractivity contribution is 0.149. The summed E-state index contributed by atoms with van der Waals surface area (Å²) in [5.74, 6) is -0.632. The lowest BCUT2D eigenvalue weighted by Gasteiger charge is -1.98. The van der Waals surface area contributed by atoms with Crippen LogP contribution in [0.2, 0.25) is 0 Å². The molecule has 0 saturated heterocycles. The van der Waals surface area contributed by atoms with Crippen molar-refractivity contribution in [2.24, 2.45) is 5.73 Å². The van der Waals surface area contributed by atoms with E-state index in [1.807, 2.05) is 0 Å². The van der Waals surface area contributed by atoms with Crippen LogP contribution in [0.25, 0.3) is 0 Å². The van der Waals surface area contributed by atoms with Crippen LogP contribution in [0.4, 0.5) is 4.79 Å². The van der Waals surface area contributed by atoms with Crippen LogP contribution in [0.5, 0.6) is 0 Å². The molecule has 0 rings (SSSR count). The SMILES string of the molecule is CC(OC(N)=O)P=O. The largest absolute Gasteiger partial charge is 0.434 e. The van der Waals surface area contributed by atoms with Crippen LogP contribution >= 0.6 is 8.46 Å². The minimum atomic E-state index is -0.902. The maximum Gasteiger partial charge on any atom is 0.405 e. The molecule has 1 atom stereocenters. The molecular weight excluding hydrogens is 129 g/mol.